The maximum Gasteiger partial charge on any atom is 0.330 e. The van der Waals surface area contributed by atoms with Crippen molar-refractivity contribution in [2.45, 2.75) is 26.3 Å². The molecule has 0 fully saturated rings. The van der Waals surface area contributed by atoms with Crippen molar-refractivity contribution in [3.63, 3.8) is 0 Å². The molecule has 19 heavy (non-hydrogen) atoms. The fraction of sp³-hybridized carbons (Fsp3) is 0.500. The number of methoxy groups -OCH3 is 1. The van der Waals surface area contributed by atoms with Crippen LogP contribution in [0.15, 0.2) is 18.2 Å². The molecule has 0 heterocycles. The zero-order valence-electron chi connectivity index (χ0n) is 11.6. The molecule has 0 aliphatic carbocycles. The van der Waals surface area contributed by atoms with E-state index in [1.54, 1.807) is 6.92 Å². The van der Waals surface area contributed by atoms with Crippen molar-refractivity contribution in [2.24, 2.45) is 5.92 Å². The Morgan fingerprint density at radius 1 is 1.37 bits per heavy atom. The van der Waals surface area contributed by atoms with Crippen molar-refractivity contribution in [3.05, 3.63) is 35.4 Å². The van der Waals surface area contributed by atoms with Gasteiger partial charge in [-0.15, -0.1) is 0 Å². The number of benzene rings is 1. The molecule has 0 aliphatic rings. The van der Waals surface area contributed by atoms with Crippen molar-refractivity contribution < 1.29 is 18.3 Å². The number of carbonyl (C=O) groups excluding carboxylic acids is 1. The fourth-order valence-corrected chi connectivity index (χ4v) is 1.71. The number of hydrogen-bond acceptors (Lipinski definition) is 3. The summed E-state index contributed by atoms with van der Waals surface area (Å²) >= 11 is 0. The van der Waals surface area contributed by atoms with Gasteiger partial charge in [-0.05, 0) is 37.1 Å². The van der Waals surface area contributed by atoms with Crippen molar-refractivity contribution in [1.29, 1.82) is 0 Å². The van der Waals surface area contributed by atoms with Crippen LogP contribution < -0.4 is 5.32 Å². The van der Waals surface area contributed by atoms with E-state index in [4.69, 9.17) is 4.74 Å². The van der Waals surface area contributed by atoms with Crippen LogP contribution in [0.2, 0.25) is 0 Å². The van der Waals surface area contributed by atoms with E-state index < -0.39 is 23.1 Å². The largest absolute Gasteiger partial charge is 0.467 e. The third-order valence-corrected chi connectivity index (χ3v) is 2.95. The van der Waals surface area contributed by atoms with Gasteiger partial charge in [0.05, 0.1) is 7.11 Å². The molecule has 0 saturated carbocycles. The minimum Gasteiger partial charge on any atom is -0.467 e. The first-order valence-corrected chi connectivity index (χ1v) is 6.10. The molecular formula is C14H19F2NO2. The zero-order chi connectivity index (χ0) is 14.6. The first-order chi connectivity index (χ1) is 8.81. The highest BCUT2D eigenvalue weighted by molar-refractivity contribution is 5.82. The summed E-state index contributed by atoms with van der Waals surface area (Å²) in [4.78, 5) is 11.9. The molecule has 1 N–H and O–H groups in total. The second kappa shape index (κ2) is 6.10. The molecule has 0 aliphatic heterocycles. The van der Waals surface area contributed by atoms with E-state index >= 15 is 0 Å². The normalized spacial score (nSPS) is 14.3. The van der Waals surface area contributed by atoms with Gasteiger partial charge in [-0.25, -0.2) is 13.6 Å². The number of hydrogen-bond donors (Lipinski definition) is 1. The maximum absolute atomic E-state index is 13.3. The van der Waals surface area contributed by atoms with E-state index in [1.807, 2.05) is 13.8 Å². The molecular weight excluding hydrogens is 252 g/mol. The summed E-state index contributed by atoms with van der Waals surface area (Å²) in [5, 5.41) is 3.05. The molecule has 5 heteroatoms. The van der Waals surface area contributed by atoms with Gasteiger partial charge in [-0.1, -0.05) is 19.9 Å². The molecule has 0 radical (unpaired) electrons. The van der Waals surface area contributed by atoms with Gasteiger partial charge < -0.3 is 4.74 Å². The Morgan fingerprint density at radius 2 is 2.00 bits per heavy atom. The van der Waals surface area contributed by atoms with Gasteiger partial charge >= 0.3 is 5.97 Å². The first-order valence-electron chi connectivity index (χ1n) is 6.10. The number of halogens is 2. The molecule has 1 rings (SSSR count). The molecule has 1 aromatic carbocycles. The summed E-state index contributed by atoms with van der Waals surface area (Å²) in [6.07, 6.45) is 0. The lowest BCUT2D eigenvalue weighted by molar-refractivity contribution is -0.148. The van der Waals surface area contributed by atoms with Gasteiger partial charge in [-0.2, -0.15) is 0 Å². The predicted octanol–water partition coefficient (Wildman–Crippen LogP) is 2.60. The summed E-state index contributed by atoms with van der Waals surface area (Å²) < 4.78 is 31.0. The zero-order valence-corrected chi connectivity index (χ0v) is 11.6. The summed E-state index contributed by atoms with van der Waals surface area (Å²) in [6, 6.07) is 3.39. The van der Waals surface area contributed by atoms with Crippen LogP contribution in [0.5, 0.6) is 0 Å². The minimum atomic E-state index is -1.20. The lowest BCUT2D eigenvalue weighted by Gasteiger charge is -2.29. The van der Waals surface area contributed by atoms with E-state index in [1.165, 1.54) is 13.2 Å². The second-order valence-corrected chi connectivity index (χ2v) is 5.02. The summed E-state index contributed by atoms with van der Waals surface area (Å²) in [5.41, 5.74) is -0.869. The Kier molecular flexibility index (Phi) is 5.00. The van der Waals surface area contributed by atoms with Gasteiger partial charge in [0.2, 0.25) is 0 Å². The van der Waals surface area contributed by atoms with Crippen molar-refractivity contribution in [3.8, 4) is 0 Å². The number of carbonyl (C=O) groups is 1. The summed E-state index contributed by atoms with van der Waals surface area (Å²) in [5.74, 6) is -2.17. The second-order valence-electron chi connectivity index (χ2n) is 5.02. The van der Waals surface area contributed by atoms with Crippen LogP contribution in [-0.4, -0.2) is 19.6 Å². The molecule has 0 spiro atoms. The van der Waals surface area contributed by atoms with Crippen molar-refractivity contribution >= 4 is 5.97 Å². The van der Waals surface area contributed by atoms with E-state index in [-0.39, 0.29) is 0 Å². The van der Waals surface area contributed by atoms with Crippen LogP contribution in [-0.2, 0) is 15.1 Å². The van der Waals surface area contributed by atoms with Crippen LogP contribution in [0, 0.1) is 17.6 Å². The minimum absolute atomic E-state index is 0.300. The average molecular weight is 271 g/mol. The molecule has 0 aromatic heterocycles. The van der Waals surface area contributed by atoms with Crippen LogP contribution in [0.3, 0.4) is 0 Å². The Balaban J connectivity index is 3.14. The summed E-state index contributed by atoms with van der Waals surface area (Å²) in [6.45, 7) is 6.10. The van der Waals surface area contributed by atoms with Gasteiger partial charge in [0.1, 0.15) is 5.54 Å². The average Bonchev–Trinajstić information content (AvgIpc) is 2.38. The van der Waals surface area contributed by atoms with Crippen LogP contribution in [0.25, 0.3) is 0 Å². The van der Waals surface area contributed by atoms with Crippen LogP contribution in [0.4, 0.5) is 8.78 Å². The molecule has 1 aromatic rings. The summed E-state index contributed by atoms with van der Waals surface area (Å²) in [7, 11) is 1.26. The maximum atomic E-state index is 13.3. The quantitative estimate of drug-likeness (QED) is 0.837. The topological polar surface area (TPSA) is 38.3 Å². The molecule has 0 bridgehead atoms. The Bertz CT molecular complexity index is 463. The van der Waals surface area contributed by atoms with E-state index in [9.17, 15) is 13.6 Å². The third-order valence-electron chi connectivity index (χ3n) is 2.95. The number of nitrogens with one attached hydrogen (secondary N) is 1. The third kappa shape index (κ3) is 3.50. The lowest BCUT2D eigenvalue weighted by atomic mass is 9.91. The van der Waals surface area contributed by atoms with Gasteiger partial charge in [0.25, 0.3) is 0 Å². The molecule has 106 valence electrons. The number of ether oxygens (including phenoxy) is 1. The smallest absolute Gasteiger partial charge is 0.330 e. The van der Waals surface area contributed by atoms with Crippen molar-refractivity contribution in [2.75, 3.05) is 13.7 Å². The standard InChI is InChI=1S/C14H19F2NO2/c1-9(2)8-17-14(3,13(18)19-4)10-5-6-11(15)12(16)7-10/h5-7,9,17H,8H2,1-4H3. The molecule has 1 unspecified atom stereocenters. The molecule has 3 nitrogen and oxygen atoms in total. The van der Waals surface area contributed by atoms with E-state index in [0.29, 0.717) is 18.0 Å². The highest BCUT2D eigenvalue weighted by Crippen LogP contribution is 2.24. The first kappa shape index (κ1) is 15.6. The molecule has 0 saturated heterocycles. The Morgan fingerprint density at radius 3 is 2.47 bits per heavy atom. The Hall–Kier alpha value is -1.49. The lowest BCUT2D eigenvalue weighted by Crippen LogP contribution is -2.48. The van der Waals surface area contributed by atoms with E-state index in [2.05, 4.69) is 5.32 Å². The number of rotatable bonds is 5. The van der Waals surface area contributed by atoms with Crippen molar-refractivity contribution in [1.82, 2.24) is 5.32 Å². The predicted molar refractivity (Wildman–Crippen MR) is 68.6 cm³/mol. The Labute approximate surface area is 112 Å². The van der Waals surface area contributed by atoms with Gasteiger partial charge in [0.15, 0.2) is 11.6 Å². The SMILES string of the molecule is COC(=O)C(C)(NCC(C)C)c1ccc(F)c(F)c1. The highest BCUT2D eigenvalue weighted by Gasteiger charge is 2.36. The van der Waals surface area contributed by atoms with E-state index in [0.717, 1.165) is 12.1 Å². The number of esters is 1. The monoisotopic (exact) mass is 271 g/mol. The van der Waals surface area contributed by atoms with Gasteiger partial charge in [-0.3, -0.25) is 5.32 Å². The van der Waals surface area contributed by atoms with Crippen LogP contribution in [0.1, 0.15) is 26.3 Å². The fourth-order valence-electron chi connectivity index (χ4n) is 1.71. The highest BCUT2D eigenvalue weighted by atomic mass is 19.2. The molecule has 0 amide bonds. The van der Waals surface area contributed by atoms with Gasteiger partial charge in [0, 0.05) is 0 Å². The molecule has 1 atom stereocenters. The van der Waals surface area contributed by atoms with Crippen LogP contribution >= 0.6 is 0 Å².